The molecule has 0 bridgehead atoms. The van der Waals surface area contributed by atoms with E-state index < -0.39 is 11.8 Å². The van der Waals surface area contributed by atoms with Crippen molar-refractivity contribution in [3.63, 3.8) is 0 Å². The van der Waals surface area contributed by atoms with E-state index in [-0.39, 0.29) is 0 Å². The summed E-state index contributed by atoms with van der Waals surface area (Å²) in [7, 11) is 1.41. The summed E-state index contributed by atoms with van der Waals surface area (Å²) in [6.45, 7) is 0. The van der Waals surface area contributed by atoms with Crippen molar-refractivity contribution in [1.29, 1.82) is 0 Å². The molecule has 0 aliphatic carbocycles. The molecule has 74 valence electrons. The molecule has 0 aliphatic heterocycles. The molecule has 0 aliphatic rings. The van der Waals surface area contributed by atoms with Gasteiger partial charge in [0.05, 0.1) is 5.69 Å². The van der Waals surface area contributed by atoms with Crippen LogP contribution in [0, 0.1) is 5.82 Å². The number of hydrogen-bond donors (Lipinski definition) is 1. The first-order valence-electron chi connectivity index (χ1n) is 3.91. The maximum atomic E-state index is 12.5. The molecule has 0 atom stereocenters. The number of nitrogens with zero attached hydrogens (tertiary/aromatic N) is 1. The molecule has 0 aromatic heterocycles. The van der Waals surface area contributed by atoms with Gasteiger partial charge in [0.2, 0.25) is 6.41 Å². The Balaban J connectivity index is 2.95. The molecule has 1 aromatic carbocycles. The maximum absolute atomic E-state index is 12.5. The molecule has 0 saturated heterocycles. The lowest BCUT2D eigenvalue weighted by molar-refractivity contribution is -0.106. The summed E-state index contributed by atoms with van der Waals surface area (Å²) in [4.78, 5) is 22.5. The third kappa shape index (κ3) is 2.07. The summed E-state index contributed by atoms with van der Waals surface area (Å²) in [5.74, 6) is -0.420. The number of imide groups is 1. The van der Waals surface area contributed by atoms with Gasteiger partial charge in [-0.25, -0.2) is 14.1 Å². The van der Waals surface area contributed by atoms with Crippen molar-refractivity contribution in [2.75, 3.05) is 11.9 Å². The highest BCUT2D eigenvalue weighted by Gasteiger charge is 2.12. The Labute approximate surface area is 80.3 Å². The number of carbonyl (C=O) groups is 2. The fraction of sp³-hybridized carbons (Fsp3) is 0.111. The Morgan fingerprint density at radius 1 is 1.43 bits per heavy atom. The minimum atomic E-state index is -0.563. The molecule has 0 unspecified atom stereocenters. The normalized spacial score (nSPS) is 9.29. The monoisotopic (exact) mass is 196 g/mol. The average molecular weight is 196 g/mol. The molecule has 14 heavy (non-hydrogen) atoms. The number of carbonyl (C=O) groups excluding carboxylic acids is 2. The number of nitrogens with one attached hydrogen (secondary N) is 1. The molecule has 0 saturated carbocycles. The second kappa shape index (κ2) is 4.36. The SMILES string of the molecule is CNC(=O)N(C=O)c1ccc(F)cc1. The standard InChI is InChI=1S/C9H9FN2O2/c1-11-9(14)12(6-13)8-4-2-7(10)3-5-8/h2-6H,1H3,(H,11,14). The molecule has 0 radical (unpaired) electrons. The molecule has 0 heterocycles. The average Bonchev–Trinajstić information content (AvgIpc) is 2.21. The molecule has 1 N–H and O–H groups in total. The quantitative estimate of drug-likeness (QED) is 0.721. The summed E-state index contributed by atoms with van der Waals surface area (Å²) in [6.07, 6.45) is 0.367. The number of anilines is 1. The van der Waals surface area contributed by atoms with Gasteiger partial charge in [0.25, 0.3) is 0 Å². The highest BCUT2D eigenvalue weighted by molar-refractivity contribution is 6.05. The van der Waals surface area contributed by atoms with Gasteiger partial charge in [0, 0.05) is 7.05 Å². The topological polar surface area (TPSA) is 49.4 Å². The Morgan fingerprint density at radius 2 is 2.00 bits per heavy atom. The minimum Gasteiger partial charge on any atom is -0.340 e. The maximum Gasteiger partial charge on any atom is 0.328 e. The Hall–Kier alpha value is -1.91. The Morgan fingerprint density at radius 3 is 2.43 bits per heavy atom. The zero-order valence-electron chi connectivity index (χ0n) is 7.53. The van der Waals surface area contributed by atoms with E-state index >= 15 is 0 Å². The first-order chi connectivity index (χ1) is 6.69. The van der Waals surface area contributed by atoms with Crippen molar-refractivity contribution in [2.45, 2.75) is 0 Å². The van der Waals surface area contributed by atoms with Crippen molar-refractivity contribution < 1.29 is 14.0 Å². The number of hydrogen-bond acceptors (Lipinski definition) is 2. The summed E-state index contributed by atoms with van der Waals surface area (Å²) < 4.78 is 12.5. The van der Waals surface area contributed by atoms with E-state index in [1.807, 2.05) is 0 Å². The first kappa shape index (κ1) is 10.2. The van der Waals surface area contributed by atoms with Crippen LogP contribution in [0.2, 0.25) is 0 Å². The fourth-order valence-electron chi connectivity index (χ4n) is 0.948. The number of benzene rings is 1. The lowest BCUT2D eigenvalue weighted by atomic mass is 10.3. The van der Waals surface area contributed by atoms with Crippen molar-refractivity contribution in [1.82, 2.24) is 5.32 Å². The van der Waals surface area contributed by atoms with Crippen LogP contribution in [-0.2, 0) is 4.79 Å². The molecule has 3 amide bonds. The van der Waals surface area contributed by atoms with E-state index in [1.54, 1.807) is 0 Å². The zero-order valence-corrected chi connectivity index (χ0v) is 7.53. The Bertz CT molecular complexity index is 337. The molecule has 5 heteroatoms. The van der Waals surface area contributed by atoms with Gasteiger partial charge in [-0.3, -0.25) is 4.79 Å². The molecule has 0 fully saturated rings. The van der Waals surface area contributed by atoms with E-state index in [4.69, 9.17) is 0 Å². The van der Waals surface area contributed by atoms with Crippen LogP contribution in [0.25, 0.3) is 0 Å². The second-order valence-corrected chi connectivity index (χ2v) is 2.51. The van der Waals surface area contributed by atoms with Crippen molar-refractivity contribution >= 4 is 18.1 Å². The van der Waals surface area contributed by atoms with Crippen molar-refractivity contribution in [3.8, 4) is 0 Å². The molecule has 1 aromatic rings. The van der Waals surface area contributed by atoms with Crippen molar-refractivity contribution in [2.24, 2.45) is 0 Å². The third-order valence-electron chi connectivity index (χ3n) is 1.64. The van der Waals surface area contributed by atoms with Crippen LogP contribution in [-0.4, -0.2) is 19.5 Å². The minimum absolute atomic E-state index is 0.320. The first-order valence-corrected chi connectivity index (χ1v) is 3.91. The number of urea groups is 1. The van der Waals surface area contributed by atoms with Gasteiger partial charge in [-0.05, 0) is 24.3 Å². The number of amides is 3. The molecular weight excluding hydrogens is 187 g/mol. The van der Waals surface area contributed by atoms with Crippen molar-refractivity contribution in [3.05, 3.63) is 30.1 Å². The highest BCUT2D eigenvalue weighted by atomic mass is 19.1. The highest BCUT2D eigenvalue weighted by Crippen LogP contribution is 2.12. The van der Waals surface area contributed by atoms with Gasteiger partial charge in [-0.1, -0.05) is 0 Å². The lowest BCUT2D eigenvalue weighted by Gasteiger charge is -2.14. The van der Waals surface area contributed by atoms with E-state index in [9.17, 15) is 14.0 Å². The Kier molecular flexibility index (Phi) is 3.17. The summed E-state index contributed by atoms with van der Waals surface area (Å²) in [5.41, 5.74) is 0.320. The zero-order chi connectivity index (χ0) is 10.6. The van der Waals surface area contributed by atoms with Crippen LogP contribution in [0.1, 0.15) is 0 Å². The third-order valence-corrected chi connectivity index (χ3v) is 1.64. The van der Waals surface area contributed by atoms with Gasteiger partial charge >= 0.3 is 6.03 Å². The van der Waals surface area contributed by atoms with Crippen LogP contribution in [0.4, 0.5) is 14.9 Å². The van der Waals surface area contributed by atoms with Gasteiger partial charge in [-0.15, -0.1) is 0 Å². The van der Waals surface area contributed by atoms with Crippen LogP contribution < -0.4 is 10.2 Å². The molecular formula is C9H9FN2O2. The van der Waals surface area contributed by atoms with Gasteiger partial charge in [-0.2, -0.15) is 0 Å². The van der Waals surface area contributed by atoms with E-state index in [1.165, 1.54) is 31.3 Å². The van der Waals surface area contributed by atoms with E-state index in [2.05, 4.69) is 5.32 Å². The van der Waals surface area contributed by atoms with Gasteiger partial charge in [0.1, 0.15) is 5.82 Å². The predicted octanol–water partition coefficient (Wildman–Crippen LogP) is 1.13. The predicted molar refractivity (Wildman–Crippen MR) is 49.4 cm³/mol. The lowest BCUT2D eigenvalue weighted by Crippen LogP contribution is -2.36. The van der Waals surface area contributed by atoms with E-state index in [0.29, 0.717) is 12.1 Å². The molecule has 4 nitrogen and oxygen atoms in total. The molecule has 0 spiro atoms. The van der Waals surface area contributed by atoms with Crippen LogP contribution in [0.5, 0.6) is 0 Å². The molecule has 1 rings (SSSR count). The fourth-order valence-corrected chi connectivity index (χ4v) is 0.948. The largest absolute Gasteiger partial charge is 0.340 e. The van der Waals surface area contributed by atoms with Crippen LogP contribution in [0.3, 0.4) is 0 Å². The van der Waals surface area contributed by atoms with Crippen LogP contribution >= 0.6 is 0 Å². The summed E-state index contributed by atoms with van der Waals surface area (Å²) in [6, 6.07) is 4.48. The second-order valence-electron chi connectivity index (χ2n) is 2.51. The number of rotatable bonds is 2. The van der Waals surface area contributed by atoms with Crippen LogP contribution in [0.15, 0.2) is 24.3 Å². The van der Waals surface area contributed by atoms with E-state index in [0.717, 1.165) is 4.90 Å². The summed E-state index contributed by atoms with van der Waals surface area (Å²) >= 11 is 0. The number of halogens is 1. The smallest absolute Gasteiger partial charge is 0.328 e. The summed E-state index contributed by atoms with van der Waals surface area (Å²) in [5, 5.41) is 2.29. The van der Waals surface area contributed by atoms with Gasteiger partial charge < -0.3 is 5.32 Å². The van der Waals surface area contributed by atoms with Gasteiger partial charge in [0.15, 0.2) is 0 Å².